The smallest absolute Gasteiger partial charge is 0.363 e. The molecule has 1 heterocycles. The molecule has 1 aliphatic heterocycles. The summed E-state index contributed by atoms with van der Waals surface area (Å²) in [5, 5.41) is 22.3. The molecular formula is C11H7N2O5-. The van der Waals surface area contributed by atoms with Gasteiger partial charge in [0.05, 0.1) is 4.92 Å². The van der Waals surface area contributed by atoms with Gasteiger partial charge in [-0.1, -0.05) is 12.1 Å². The van der Waals surface area contributed by atoms with Crippen molar-refractivity contribution < 1.29 is 19.6 Å². The zero-order chi connectivity index (χ0) is 13.3. The molecular weight excluding hydrogens is 240 g/mol. The van der Waals surface area contributed by atoms with Crippen LogP contribution in [0.5, 0.6) is 5.75 Å². The molecule has 0 bridgehead atoms. The molecule has 0 aliphatic carbocycles. The number of esters is 1. The van der Waals surface area contributed by atoms with E-state index in [2.05, 4.69) is 9.73 Å². The van der Waals surface area contributed by atoms with Crippen molar-refractivity contribution in [3.8, 4) is 5.75 Å². The number of carbonyl (C=O) groups excluding carboxylic acids is 1. The van der Waals surface area contributed by atoms with Crippen LogP contribution in [0.15, 0.2) is 28.9 Å². The molecule has 0 atom stereocenters. The lowest BCUT2D eigenvalue weighted by Crippen LogP contribution is -2.02. The van der Waals surface area contributed by atoms with Gasteiger partial charge in [0.2, 0.25) is 0 Å². The molecule has 0 amide bonds. The number of benzene rings is 1. The minimum absolute atomic E-state index is 0.0228. The average Bonchev–Trinajstić information content (AvgIpc) is 2.60. The highest BCUT2D eigenvalue weighted by Gasteiger charge is 2.20. The largest absolute Gasteiger partial charge is 0.867 e. The monoisotopic (exact) mass is 247 g/mol. The fourth-order valence-corrected chi connectivity index (χ4v) is 1.46. The maximum Gasteiger partial charge on any atom is 0.363 e. The summed E-state index contributed by atoms with van der Waals surface area (Å²) in [6, 6.07) is 3.84. The highest BCUT2D eigenvalue weighted by atomic mass is 16.6. The maximum atomic E-state index is 11.7. The molecule has 7 heteroatoms. The zero-order valence-electron chi connectivity index (χ0n) is 9.25. The van der Waals surface area contributed by atoms with Gasteiger partial charge in [-0.2, -0.15) is 0 Å². The molecule has 0 unspecified atom stereocenters. The molecule has 92 valence electrons. The second-order valence-electron chi connectivity index (χ2n) is 3.50. The van der Waals surface area contributed by atoms with Gasteiger partial charge >= 0.3 is 5.97 Å². The lowest BCUT2D eigenvalue weighted by atomic mass is 10.1. The van der Waals surface area contributed by atoms with Crippen molar-refractivity contribution in [2.75, 3.05) is 0 Å². The molecule has 0 N–H and O–H groups in total. The third-order valence-corrected chi connectivity index (χ3v) is 2.24. The summed E-state index contributed by atoms with van der Waals surface area (Å²) in [4.78, 5) is 24.9. The molecule has 0 saturated heterocycles. The van der Waals surface area contributed by atoms with Gasteiger partial charge in [0.15, 0.2) is 11.6 Å². The van der Waals surface area contributed by atoms with Gasteiger partial charge in [0, 0.05) is 13.0 Å². The number of cyclic esters (lactones) is 1. The number of hydrogen-bond donors (Lipinski definition) is 0. The summed E-state index contributed by atoms with van der Waals surface area (Å²) in [7, 11) is 0. The number of hydrogen-bond acceptors (Lipinski definition) is 6. The van der Waals surface area contributed by atoms with Crippen molar-refractivity contribution >= 4 is 23.6 Å². The van der Waals surface area contributed by atoms with Gasteiger partial charge in [-0.05, 0) is 17.4 Å². The lowest BCUT2D eigenvalue weighted by molar-refractivity contribution is -0.398. The van der Waals surface area contributed by atoms with Gasteiger partial charge in [-0.15, -0.1) is 0 Å². The van der Waals surface area contributed by atoms with E-state index in [1.165, 1.54) is 25.1 Å². The first-order valence-corrected chi connectivity index (χ1v) is 4.92. The summed E-state index contributed by atoms with van der Waals surface area (Å²) in [6.45, 7) is 1.49. The van der Waals surface area contributed by atoms with E-state index < -0.39 is 22.3 Å². The second-order valence-corrected chi connectivity index (χ2v) is 3.50. The fourth-order valence-electron chi connectivity index (χ4n) is 1.46. The van der Waals surface area contributed by atoms with E-state index in [0.29, 0.717) is 0 Å². The van der Waals surface area contributed by atoms with Crippen molar-refractivity contribution in [3.05, 3.63) is 39.6 Å². The third-order valence-electron chi connectivity index (χ3n) is 2.24. The molecule has 0 saturated carbocycles. The quantitative estimate of drug-likeness (QED) is 0.335. The average molecular weight is 247 g/mol. The molecule has 0 fully saturated rings. The van der Waals surface area contributed by atoms with Crippen molar-refractivity contribution in [2.45, 2.75) is 6.92 Å². The van der Waals surface area contributed by atoms with Crippen LogP contribution in [0, 0.1) is 10.1 Å². The van der Waals surface area contributed by atoms with Crippen LogP contribution in [0.3, 0.4) is 0 Å². The van der Waals surface area contributed by atoms with Gasteiger partial charge in [0.25, 0.3) is 5.69 Å². The van der Waals surface area contributed by atoms with Crippen molar-refractivity contribution in [3.63, 3.8) is 0 Å². The molecule has 2 rings (SSSR count). The number of aliphatic imine (C=N–C) groups is 1. The highest BCUT2D eigenvalue weighted by molar-refractivity contribution is 6.06. The molecule has 1 aliphatic rings. The Hall–Kier alpha value is -2.70. The zero-order valence-corrected chi connectivity index (χ0v) is 9.25. The molecule has 0 spiro atoms. The minimum Gasteiger partial charge on any atom is -0.867 e. The standard InChI is InChI=1S/C11H8N2O5/c1-6-12-8(11(15)18-6)5-7-3-2-4-9(10(7)14)13(16)17/h2-5,14H,1H3/p-1/b8-5+. The van der Waals surface area contributed by atoms with Crippen LogP contribution < -0.4 is 5.11 Å². The van der Waals surface area contributed by atoms with Crippen molar-refractivity contribution in [2.24, 2.45) is 4.99 Å². The van der Waals surface area contributed by atoms with Gasteiger partial charge in [0.1, 0.15) is 0 Å². The SMILES string of the molecule is CC1=N/C(=C/c2cccc([N+](=O)[O-])c2[O-])C(=O)O1. The molecule has 0 aromatic heterocycles. The summed E-state index contributed by atoms with van der Waals surface area (Å²) >= 11 is 0. The number of nitro benzene ring substituents is 1. The Bertz CT molecular complexity index is 603. The van der Waals surface area contributed by atoms with Crippen LogP contribution in [-0.2, 0) is 9.53 Å². The van der Waals surface area contributed by atoms with E-state index in [-0.39, 0.29) is 17.2 Å². The first-order valence-electron chi connectivity index (χ1n) is 4.92. The lowest BCUT2D eigenvalue weighted by Gasteiger charge is -2.09. The number of nitrogens with zero attached hydrogens (tertiary/aromatic N) is 2. The normalized spacial score (nSPS) is 16.6. The van der Waals surface area contributed by atoms with E-state index in [9.17, 15) is 20.0 Å². The predicted molar refractivity (Wildman–Crippen MR) is 59.7 cm³/mol. The Labute approximate surface area is 101 Å². The molecule has 18 heavy (non-hydrogen) atoms. The number of nitro groups is 1. The second kappa shape index (κ2) is 4.28. The molecule has 0 radical (unpaired) electrons. The van der Waals surface area contributed by atoms with E-state index in [1.54, 1.807) is 0 Å². The Balaban J connectivity index is 2.48. The fraction of sp³-hybridized carbons (Fsp3) is 0.0909. The number of carbonyl (C=O) groups is 1. The number of rotatable bonds is 2. The predicted octanol–water partition coefficient (Wildman–Crippen LogP) is 0.984. The van der Waals surface area contributed by atoms with E-state index >= 15 is 0 Å². The van der Waals surface area contributed by atoms with E-state index in [1.807, 2.05) is 0 Å². The van der Waals surface area contributed by atoms with E-state index in [0.717, 1.165) is 6.07 Å². The van der Waals surface area contributed by atoms with Crippen LogP contribution in [0.2, 0.25) is 0 Å². The molecule has 7 nitrogen and oxygen atoms in total. The van der Waals surface area contributed by atoms with Crippen molar-refractivity contribution in [1.29, 1.82) is 0 Å². The van der Waals surface area contributed by atoms with Gasteiger partial charge in [-0.3, -0.25) is 10.1 Å². The molecule has 1 aromatic carbocycles. The topological polar surface area (TPSA) is 105 Å². The number of ether oxygens (including phenoxy) is 1. The molecule has 1 aromatic rings. The Morgan fingerprint density at radius 1 is 1.44 bits per heavy atom. The first-order chi connectivity index (χ1) is 8.49. The summed E-state index contributed by atoms with van der Waals surface area (Å²) in [5.74, 6) is -1.27. The summed E-state index contributed by atoms with van der Waals surface area (Å²) in [5.41, 5.74) is -0.573. The van der Waals surface area contributed by atoms with Crippen LogP contribution in [0.25, 0.3) is 6.08 Å². The Morgan fingerprint density at radius 2 is 2.17 bits per heavy atom. The highest BCUT2D eigenvalue weighted by Crippen LogP contribution is 2.29. The number of para-hydroxylation sites is 1. The summed E-state index contributed by atoms with van der Waals surface area (Å²) in [6.07, 6.45) is 1.17. The van der Waals surface area contributed by atoms with Crippen LogP contribution in [-0.4, -0.2) is 16.8 Å². The summed E-state index contributed by atoms with van der Waals surface area (Å²) < 4.78 is 4.67. The van der Waals surface area contributed by atoms with Crippen LogP contribution in [0.4, 0.5) is 5.69 Å². The van der Waals surface area contributed by atoms with Crippen LogP contribution >= 0.6 is 0 Å². The van der Waals surface area contributed by atoms with Gasteiger partial charge in [-0.25, -0.2) is 9.79 Å². The Kier molecular flexibility index (Phi) is 2.80. The van der Waals surface area contributed by atoms with Gasteiger partial charge < -0.3 is 9.84 Å². The third kappa shape index (κ3) is 2.05. The van der Waals surface area contributed by atoms with Crippen LogP contribution in [0.1, 0.15) is 12.5 Å². The van der Waals surface area contributed by atoms with E-state index in [4.69, 9.17) is 0 Å². The van der Waals surface area contributed by atoms with Crippen molar-refractivity contribution in [1.82, 2.24) is 0 Å². The minimum atomic E-state index is -0.772. The Morgan fingerprint density at radius 3 is 2.72 bits per heavy atom. The maximum absolute atomic E-state index is 11.7. The first kappa shape index (κ1) is 11.8.